The summed E-state index contributed by atoms with van der Waals surface area (Å²) in [4.78, 5) is 4.27. The summed E-state index contributed by atoms with van der Waals surface area (Å²) in [5, 5.41) is 0.717. The first-order valence-electron chi connectivity index (χ1n) is 4.08. The summed E-state index contributed by atoms with van der Waals surface area (Å²) in [6.07, 6.45) is 1.72. The second-order valence-corrected chi connectivity index (χ2v) is 10.1. The van der Waals surface area contributed by atoms with Gasteiger partial charge in [0.05, 0.1) is 13.1 Å². The number of hydrogen-bond donors (Lipinski definition) is 0. The summed E-state index contributed by atoms with van der Waals surface area (Å²) in [6, 6.07) is 5.05. The van der Waals surface area contributed by atoms with Gasteiger partial charge in [0.2, 0.25) is 0 Å². The zero-order chi connectivity index (χ0) is 9.19. The van der Waals surface area contributed by atoms with Crippen molar-refractivity contribution in [2.75, 3.05) is 0 Å². The molecule has 0 fully saturated rings. The molecule has 12 heavy (non-hydrogen) atoms. The van der Waals surface area contributed by atoms with E-state index in [9.17, 15) is 0 Å². The molecule has 0 saturated carbocycles. The van der Waals surface area contributed by atoms with Gasteiger partial charge < -0.3 is 0 Å². The minimum atomic E-state index is -1.02. The van der Waals surface area contributed by atoms with Crippen LogP contribution in [0.4, 0.5) is 0 Å². The molecule has 3 heteroatoms. The maximum Gasteiger partial charge on any atom is 0.0589 e. The van der Waals surface area contributed by atoms with Gasteiger partial charge in [-0.25, -0.2) is 0 Å². The highest BCUT2D eigenvalue weighted by Gasteiger charge is 2.14. The maximum absolute atomic E-state index is 5.73. The topological polar surface area (TPSA) is 12.9 Å². The van der Waals surface area contributed by atoms with Gasteiger partial charge in [0.25, 0.3) is 0 Å². The van der Waals surface area contributed by atoms with Crippen molar-refractivity contribution in [1.82, 2.24) is 4.98 Å². The molecule has 0 aliphatic heterocycles. The lowest BCUT2D eigenvalue weighted by Crippen LogP contribution is -2.24. The first-order valence-corrected chi connectivity index (χ1v) is 8.16. The van der Waals surface area contributed by atoms with Gasteiger partial charge in [0, 0.05) is 11.9 Å². The van der Waals surface area contributed by atoms with E-state index < -0.39 is 8.07 Å². The SMILES string of the molecule is C[Si](C)(C)Cc1ccc(Cl)cn1. The lowest BCUT2D eigenvalue weighted by molar-refractivity contribution is 1.14. The minimum absolute atomic E-state index is 0.717. The Morgan fingerprint density at radius 1 is 1.33 bits per heavy atom. The van der Waals surface area contributed by atoms with Crippen molar-refractivity contribution in [2.24, 2.45) is 0 Å². The van der Waals surface area contributed by atoms with E-state index in [0.29, 0.717) is 5.02 Å². The third-order valence-electron chi connectivity index (χ3n) is 1.50. The Bertz CT molecular complexity index is 250. The number of pyridine rings is 1. The van der Waals surface area contributed by atoms with Gasteiger partial charge in [0.1, 0.15) is 0 Å². The highest BCUT2D eigenvalue weighted by molar-refractivity contribution is 6.75. The Hall–Kier alpha value is -0.343. The van der Waals surface area contributed by atoms with Crippen LogP contribution < -0.4 is 0 Å². The standard InChI is InChI=1S/C9H14ClNSi/c1-12(2,3)7-9-5-4-8(10)6-11-9/h4-6H,7H2,1-3H3. The van der Waals surface area contributed by atoms with Crippen molar-refractivity contribution in [3.05, 3.63) is 29.0 Å². The van der Waals surface area contributed by atoms with Crippen molar-refractivity contribution < 1.29 is 0 Å². The molecular formula is C9H14ClNSi. The molecule has 0 N–H and O–H groups in total. The second kappa shape index (κ2) is 3.58. The maximum atomic E-state index is 5.73. The summed E-state index contributed by atoms with van der Waals surface area (Å²) in [5.41, 5.74) is 1.17. The summed E-state index contributed by atoms with van der Waals surface area (Å²) in [7, 11) is -1.02. The number of aromatic nitrogens is 1. The van der Waals surface area contributed by atoms with Crippen LogP contribution in [0.3, 0.4) is 0 Å². The number of halogens is 1. The largest absolute Gasteiger partial charge is 0.260 e. The van der Waals surface area contributed by atoms with Gasteiger partial charge in [-0.05, 0) is 18.2 Å². The highest BCUT2D eigenvalue weighted by Crippen LogP contribution is 2.11. The molecule has 0 aliphatic carbocycles. The normalized spacial score (nSPS) is 11.7. The van der Waals surface area contributed by atoms with Crippen LogP contribution in [0.15, 0.2) is 18.3 Å². The Morgan fingerprint density at radius 3 is 2.42 bits per heavy atom. The zero-order valence-electron chi connectivity index (χ0n) is 7.76. The molecule has 0 spiro atoms. The van der Waals surface area contributed by atoms with E-state index in [0.717, 1.165) is 6.04 Å². The van der Waals surface area contributed by atoms with Gasteiger partial charge in [-0.3, -0.25) is 4.98 Å². The monoisotopic (exact) mass is 199 g/mol. The Labute approximate surface area is 79.8 Å². The third-order valence-corrected chi connectivity index (χ3v) is 3.15. The summed E-state index contributed by atoms with van der Waals surface area (Å²) >= 11 is 5.73. The lowest BCUT2D eigenvalue weighted by atomic mass is 10.4. The van der Waals surface area contributed by atoms with E-state index in [2.05, 4.69) is 24.6 Å². The van der Waals surface area contributed by atoms with E-state index >= 15 is 0 Å². The molecule has 1 nitrogen and oxygen atoms in total. The van der Waals surface area contributed by atoms with Crippen LogP contribution >= 0.6 is 11.6 Å². The molecule has 0 radical (unpaired) electrons. The van der Waals surface area contributed by atoms with Crippen LogP contribution in [0.2, 0.25) is 24.7 Å². The summed E-state index contributed by atoms with van der Waals surface area (Å²) in [5.74, 6) is 0. The average molecular weight is 200 g/mol. The van der Waals surface area contributed by atoms with E-state index in [4.69, 9.17) is 11.6 Å². The van der Waals surface area contributed by atoms with E-state index in [-0.39, 0.29) is 0 Å². The van der Waals surface area contributed by atoms with E-state index in [1.165, 1.54) is 5.69 Å². The highest BCUT2D eigenvalue weighted by atomic mass is 35.5. The van der Waals surface area contributed by atoms with Gasteiger partial charge >= 0.3 is 0 Å². The minimum Gasteiger partial charge on any atom is -0.260 e. The van der Waals surface area contributed by atoms with Gasteiger partial charge in [-0.1, -0.05) is 31.2 Å². The first kappa shape index (κ1) is 9.74. The fourth-order valence-electron chi connectivity index (χ4n) is 1.05. The molecule has 0 unspecified atom stereocenters. The van der Waals surface area contributed by atoms with Crippen molar-refractivity contribution in [2.45, 2.75) is 25.7 Å². The predicted octanol–water partition coefficient (Wildman–Crippen LogP) is 3.15. The van der Waals surface area contributed by atoms with Crippen molar-refractivity contribution in [3.8, 4) is 0 Å². The first-order chi connectivity index (χ1) is 5.47. The third kappa shape index (κ3) is 3.37. The molecule has 66 valence electrons. The fraction of sp³-hybridized carbons (Fsp3) is 0.444. The average Bonchev–Trinajstić information content (AvgIpc) is 1.91. The molecule has 0 bridgehead atoms. The van der Waals surface area contributed by atoms with Crippen LogP contribution in [-0.4, -0.2) is 13.1 Å². The molecule has 0 amide bonds. The molecule has 0 atom stereocenters. The predicted molar refractivity (Wildman–Crippen MR) is 56.3 cm³/mol. The van der Waals surface area contributed by atoms with Crippen LogP contribution in [0.1, 0.15) is 5.69 Å². The van der Waals surface area contributed by atoms with Crippen LogP contribution in [0.25, 0.3) is 0 Å². The molecule has 1 heterocycles. The molecular weight excluding hydrogens is 186 g/mol. The van der Waals surface area contributed by atoms with Crippen LogP contribution in [-0.2, 0) is 6.04 Å². The fourth-order valence-corrected chi connectivity index (χ4v) is 2.46. The Kier molecular flexibility index (Phi) is 2.91. The van der Waals surface area contributed by atoms with Crippen molar-refractivity contribution in [1.29, 1.82) is 0 Å². The zero-order valence-corrected chi connectivity index (χ0v) is 9.52. The Morgan fingerprint density at radius 2 is 2.00 bits per heavy atom. The molecule has 0 saturated heterocycles. The summed E-state index contributed by atoms with van der Waals surface area (Å²) in [6.45, 7) is 7.01. The number of nitrogens with zero attached hydrogens (tertiary/aromatic N) is 1. The molecule has 1 aromatic rings. The van der Waals surface area contributed by atoms with Gasteiger partial charge in [-0.15, -0.1) is 0 Å². The molecule has 1 rings (SSSR count). The van der Waals surface area contributed by atoms with Gasteiger partial charge in [0.15, 0.2) is 0 Å². The smallest absolute Gasteiger partial charge is 0.0589 e. The lowest BCUT2D eigenvalue weighted by Gasteiger charge is -2.14. The van der Waals surface area contributed by atoms with Crippen molar-refractivity contribution in [3.63, 3.8) is 0 Å². The quantitative estimate of drug-likeness (QED) is 0.667. The molecule has 0 aliphatic rings. The molecule has 0 aromatic carbocycles. The Balaban J connectivity index is 2.71. The van der Waals surface area contributed by atoms with Gasteiger partial charge in [-0.2, -0.15) is 0 Å². The summed E-state index contributed by atoms with van der Waals surface area (Å²) < 4.78 is 0. The second-order valence-electron chi connectivity index (χ2n) is 4.21. The number of rotatable bonds is 2. The van der Waals surface area contributed by atoms with E-state index in [1.807, 2.05) is 12.1 Å². The molecule has 1 aromatic heterocycles. The van der Waals surface area contributed by atoms with Crippen LogP contribution in [0.5, 0.6) is 0 Å². The van der Waals surface area contributed by atoms with Crippen LogP contribution in [0, 0.1) is 0 Å². The van der Waals surface area contributed by atoms with Crippen molar-refractivity contribution >= 4 is 19.7 Å². The number of hydrogen-bond acceptors (Lipinski definition) is 1. The van der Waals surface area contributed by atoms with E-state index in [1.54, 1.807) is 6.20 Å².